The number of aromatic nitrogens is 6. The zero-order valence-corrected chi connectivity index (χ0v) is 72.3. The van der Waals surface area contributed by atoms with Crippen molar-refractivity contribution in [1.82, 2.24) is 64.2 Å². The van der Waals surface area contributed by atoms with Crippen molar-refractivity contribution in [3.05, 3.63) is 214 Å². The molecular weight excluding hydrogens is 1590 g/mol. The highest BCUT2D eigenvalue weighted by Crippen LogP contribution is 2.48. The van der Waals surface area contributed by atoms with Crippen LogP contribution in [0.25, 0.3) is 32.3 Å². The van der Waals surface area contributed by atoms with Crippen LogP contribution in [0.3, 0.4) is 0 Å². The highest BCUT2D eigenvalue weighted by Gasteiger charge is 2.43. The van der Waals surface area contributed by atoms with Crippen LogP contribution in [0.5, 0.6) is 18.0 Å². The number of carbonyl (C=O) groups is 3. The number of nitrogens with zero attached hydrogens (tertiary/aromatic N) is 19. The summed E-state index contributed by atoms with van der Waals surface area (Å²) in [4.78, 5) is 92.2. The van der Waals surface area contributed by atoms with Crippen LogP contribution in [0.15, 0.2) is 147 Å². The average Bonchev–Trinajstić information content (AvgIpc) is 1.73. The molecule has 3 amide bonds. The quantitative estimate of drug-likeness (QED) is 0.0538. The third-order valence-electron chi connectivity index (χ3n) is 27.9. The molecule has 9 aliphatic rings. The van der Waals surface area contributed by atoms with E-state index in [4.69, 9.17) is 65.2 Å². The van der Waals surface area contributed by atoms with Crippen LogP contribution in [-0.4, -0.2) is 245 Å². The fraction of sp³-hybridized carbons (Fsp3) is 0.443. The lowest BCUT2D eigenvalue weighted by molar-refractivity contribution is -0.129. The maximum absolute atomic E-state index is 13.3. The van der Waals surface area contributed by atoms with E-state index in [0.29, 0.717) is 127 Å². The van der Waals surface area contributed by atoms with Crippen molar-refractivity contribution in [3.63, 3.8) is 0 Å². The van der Waals surface area contributed by atoms with Crippen molar-refractivity contribution in [2.45, 2.75) is 150 Å². The summed E-state index contributed by atoms with van der Waals surface area (Å²) in [6, 6.07) is 45.5. The first-order chi connectivity index (χ1) is 61.0. The Morgan fingerprint density at radius 1 is 0.464 bits per heavy atom. The van der Waals surface area contributed by atoms with Gasteiger partial charge in [0, 0.05) is 142 Å². The van der Waals surface area contributed by atoms with Gasteiger partial charge in [0.15, 0.2) is 0 Å². The van der Waals surface area contributed by atoms with Crippen LogP contribution in [0, 0.1) is 34.0 Å². The van der Waals surface area contributed by atoms with Crippen molar-refractivity contribution in [2.75, 3.05) is 141 Å². The molecule has 0 N–H and O–H groups in total. The number of hydrogen-bond donors (Lipinski definition) is 0. The molecule has 11 unspecified atom stereocenters. The summed E-state index contributed by atoms with van der Waals surface area (Å²) in [6.07, 6.45) is 8.89. The first-order valence-corrected chi connectivity index (χ1v) is 44.3. The lowest BCUT2D eigenvalue weighted by Crippen LogP contribution is -2.55. The van der Waals surface area contributed by atoms with Gasteiger partial charge in [0.2, 0.25) is 17.7 Å². The number of amides is 3. The number of hydrogen-bond acceptors (Lipinski definition) is 24. The summed E-state index contributed by atoms with van der Waals surface area (Å²) in [7, 11) is 8.59. The number of carbonyl (C=O) groups excluding carboxylic acids is 3. The Balaban J connectivity index is 0.603. The molecule has 644 valence electrons. The molecular formula is C97H106ClN19O8. The molecule has 9 aromatic rings. The van der Waals surface area contributed by atoms with Gasteiger partial charge in [-0.15, -0.1) is 0 Å². The van der Waals surface area contributed by atoms with E-state index in [1.165, 1.54) is 40.1 Å². The molecule has 27 nitrogen and oxygen atoms in total. The molecule has 18 rings (SSSR count). The van der Waals surface area contributed by atoms with E-state index >= 15 is 0 Å². The second-order valence-electron chi connectivity index (χ2n) is 34.9. The zero-order valence-electron chi connectivity index (χ0n) is 71.5. The maximum Gasteiger partial charge on any atom is 0.318 e. The second-order valence-corrected chi connectivity index (χ2v) is 35.4. The van der Waals surface area contributed by atoms with Crippen LogP contribution >= 0.6 is 11.6 Å². The molecule has 3 aromatic heterocycles. The molecule has 0 aliphatic carbocycles. The van der Waals surface area contributed by atoms with Crippen LogP contribution in [0.2, 0.25) is 5.02 Å². The number of likely N-dealkylation sites (N-methyl/N-ethyl adjacent to an activating group) is 4. The Morgan fingerprint density at radius 2 is 0.952 bits per heavy atom. The highest BCUT2D eigenvalue weighted by atomic mass is 35.5. The van der Waals surface area contributed by atoms with E-state index in [2.05, 4.69) is 204 Å². The number of halogens is 1. The lowest BCUT2D eigenvalue weighted by atomic mass is 9.86. The summed E-state index contributed by atoms with van der Waals surface area (Å²) in [5.74, 6) is 1.68. The van der Waals surface area contributed by atoms with Crippen molar-refractivity contribution in [1.29, 1.82) is 15.8 Å². The Hall–Kier alpha value is -11.7. The molecule has 28 heteroatoms. The molecule has 0 radical (unpaired) electrons. The van der Waals surface area contributed by atoms with Crippen LogP contribution in [-0.2, 0) is 62.9 Å². The minimum atomic E-state index is -0.477. The SMILES string of the molecule is C=CC(=O)N1CCN(c2nc(OCC3CCCN3C)nc3c2COC(c2cccc4c(C5CC(COc6nc7c(c(N8CCN(C(=O)C=C)C(CC#N)C8)n6)COC(c6cccc8c(C9CCN(C)C9COc9nc%10c(c(N%11CCN(C(=O)C=C)C(CC#N)C%11)n9)CN(C)C(c9cccc%11ccccc9%11)C%10)ccc(Cl)c68)C7)N(C)C5)cccc24)C3)CC1CC#N. The van der Waals surface area contributed by atoms with Gasteiger partial charge in [-0.25, -0.2) is 0 Å². The van der Waals surface area contributed by atoms with Crippen LogP contribution in [0.1, 0.15) is 137 Å². The molecule has 6 aromatic carbocycles. The summed E-state index contributed by atoms with van der Waals surface area (Å²) in [5.41, 5.74) is 10.9. The number of fused-ring (bicyclic) bond motifs is 6. The van der Waals surface area contributed by atoms with Gasteiger partial charge in [0.25, 0.3) is 0 Å². The number of rotatable bonds is 23. The molecule has 0 saturated carbocycles. The standard InChI is InChI=1S/C97H106ClN19O8/c1-8-88(118)115-43-40-112(51-62(115)31-35-99)92-77-54-111(7)84(72-25-13-19-60-18-11-12-21-67(60)72)47-81(77)102-97(105-92)125-59-85-73(34-39-109(85)5)71-29-30-80(98)91-75(71)27-16-28-76(91)87-49-83-79(58-122-87)94(114-42-45-117(90(120)10-3)64(53-114)33-37-101)107-96(104-83)124-56-66-46-61(50-110(66)6)68-22-14-24-70-69(68)23-15-26-74(70)86-48-82-78(57-121-86)93(106-95(103-82)123-55-65-20-17-38-108(65)4)113-41-44-116(89(119)9-2)63(52-113)32-36-100/h8-16,18-19,21-30,61-66,73,84-87H,1-3,17,20,31-34,38-59H2,4-7H3. The van der Waals surface area contributed by atoms with Gasteiger partial charge >= 0.3 is 18.0 Å². The van der Waals surface area contributed by atoms with E-state index in [0.717, 1.165) is 123 Å². The van der Waals surface area contributed by atoms with E-state index in [1.54, 1.807) is 14.7 Å². The minimum Gasteiger partial charge on any atom is -0.462 e. The Kier molecular flexibility index (Phi) is 24.5. The molecule has 11 atom stereocenters. The van der Waals surface area contributed by atoms with E-state index in [9.17, 15) is 30.2 Å². The first-order valence-electron chi connectivity index (χ1n) is 43.9. The topological polar surface area (TPSA) is 278 Å². The maximum atomic E-state index is 13.3. The smallest absolute Gasteiger partial charge is 0.318 e. The van der Waals surface area contributed by atoms with Gasteiger partial charge in [-0.2, -0.15) is 45.7 Å². The van der Waals surface area contributed by atoms with Gasteiger partial charge in [-0.05, 0) is 152 Å². The normalized spacial score (nSPS) is 24.3. The number of nitriles is 3. The van der Waals surface area contributed by atoms with E-state index in [1.807, 2.05) is 6.07 Å². The number of anilines is 3. The Morgan fingerprint density at radius 3 is 1.52 bits per heavy atom. The van der Waals surface area contributed by atoms with Crippen molar-refractivity contribution >= 4 is 79.1 Å². The lowest BCUT2D eigenvalue weighted by Gasteiger charge is -2.42. The van der Waals surface area contributed by atoms with Gasteiger partial charge in [0.1, 0.15) is 37.3 Å². The zero-order chi connectivity index (χ0) is 86.3. The second kappa shape index (κ2) is 36.5. The van der Waals surface area contributed by atoms with Gasteiger partial charge in [-0.1, -0.05) is 134 Å². The van der Waals surface area contributed by atoms with Crippen molar-refractivity contribution < 1.29 is 38.1 Å². The summed E-state index contributed by atoms with van der Waals surface area (Å²) < 4.78 is 34.4. The predicted molar refractivity (Wildman–Crippen MR) is 477 cm³/mol. The van der Waals surface area contributed by atoms with Gasteiger partial charge < -0.3 is 58.0 Å². The monoisotopic (exact) mass is 1700 g/mol. The molecule has 6 fully saturated rings. The number of benzene rings is 6. The molecule has 0 bridgehead atoms. The van der Waals surface area contributed by atoms with Crippen molar-refractivity contribution in [2.24, 2.45) is 0 Å². The number of likely N-dealkylation sites (tertiary alicyclic amines) is 3. The van der Waals surface area contributed by atoms with Crippen LogP contribution < -0.4 is 28.9 Å². The molecule has 12 heterocycles. The van der Waals surface area contributed by atoms with E-state index in [-0.39, 0.29) is 116 Å². The third-order valence-corrected chi connectivity index (χ3v) is 28.2. The molecule has 9 aliphatic heterocycles. The van der Waals surface area contributed by atoms with Crippen LogP contribution in [0.4, 0.5) is 17.5 Å². The molecule has 6 saturated heterocycles. The molecule has 0 spiro atoms. The van der Waals surface area contributed by atoms with Gasteiger partial charge in [0.05, 0.1) is 104 Å². The Labute approximate surface area is 734 Å². The van der Waals surface area contributed by atoms with Crippen molar-refractivity contribution in [3.8, 4) is 36.2 Å². The third kappa shape index (κ3) is 16.7. The number of piperazine rings is 3. The number of ether oxygens (including phenoxy) is 5. The average molecular weight is 1700 g/mol. The van der Waals surface area contributed by atoms with E-state index < -0.39 is 12.1 Å². The predicted octanol–water partition coefficient (Wildman–Crippen LogP) is 12.1. The highest BCUT2D eigenvalue weighted by molar-refractivity contribution is 6.36. The molecule has 125 heavy (non-hydrogen) atoms. The first kappa shape index (κ1) is 84.1. The fourth-order valence-electron chi connectivity index (χ4n) is 21.3. The Bertz CT molecular complexity index is 5810. The summed E-state index contributed by atoms with van der Waals surface area (Å²) in [5, 5.41) is 37.3. The van der Waals surface area contributed by atoms with Gasteiger partial charge in [-0.3, -0.25) is 29.1 Å². The largest absolute Gasteiger partial charge is 0.462 e. The summed E-state index contributed by atoms with van der Waals surface area (Å²) in [6.45, 7) is 19.8. The minimum absolute atomic E-state index is 0.0108. The summed E-state index contributed by atoms with van der Waals surface area (Å²) >= 11 is 7.51. The fourth-order valence-corrected chi connectivity index (χ4v) is 21.5.